The SMILES string of the molecule is CCC(C)[C@H](NC(=O)N1CCC2(CC1)C(=O)N(c1cccc(Cl)c1)C2c1ccccn1)C(=O)OC. The third-order valence-corrected chi connectivity index (χ3v) is 7.61. The van der Waals surface area contributed by atoms with E-state index in [0.29, 0.717) is 31.0 Å². The Morgan fingerprint density at radius 1 is 1.23 bits per heavy atom. The first kappa shape index (κ1) is 25.0. The Hall–Kier alpha value is -3.13. The Kier molecular flexibility index (Phi) is 7.31. The predicted octanol–water partition coefficient (Wildman–Crippen LogP) is 4.20. The van der Waals surface area contributed by atoms with Gasteiger partial charge in [-0.25, -0.2) is 9.59 Å². The monoisotopic (exact) mass is 498 g/mol. The summed E-state index contributed by atoms with van der Waals surface area (Å²) in [4.78, 5) is 46.8. The summed E-state index contributed by atoms with van der Waals surface area (Å²) in [6.07, 6.45) is 3.46. The number of methoxy groups -OCH3 is 1. The lowest BCUT2D eigenvalue weighted by Crippen LogP contribution is -2.67. The van der Waals surface area contributed by atoms with Gasteiger partial charge in [0.15, 0.2) is 0 Å². The van der Waals surface area contributed by atoms with E-state index in [2.05, 4.69) is 10.3 Å². The van der Waals surface area contributed by atoms with Gasteiger partial charge in [0.2, 0.25) is 5.91 Å². The molecule has 9 heteroatoms. The third-order valence-electron chi connectivity index (χ3n) is 7.37. The first-order valence-electron chi connectivity index (χ1n) is 12.0. The summed E-state index contributed by atoms with van der Waals surface area (Å²) in [5.41, 5.74) is 0.900. The van der Waals surface area contributed by atoms with Gasteiger partial charge in [-0.15, -0.1) is 0 Å². The van der Waals surface area contributed by atoms with Gasteiger partial charge in [-0.2, -0.15) is 0 Å². The average Bonchev–Trinajstić information content (AvgIpc) is 2.89. The molecule has 1 aromatic heterocycles. The molecule has 2 aliphatic rings. The minimum absolute atomic E-state index is 0.0162. The number of carbonyl (C=O) groups is 3. The van der Waals surface area contributed by atoms with Crippen molar-refractivity contribution < 1.29 is 19.1 Å². The van der Waals surface area contributed by atoms with E-state index in [0.717, 1.165) is 17.8 Å². The molecule has 3 heterocycles. The first-order chi connectivity index (χ1) is 16.8. The first-order valence-corrected chi connectivity index (χ1v) is 12.3. The largest absolute Gasteiger partial charge is 0.467 e. The molecule has 4 rings (SSSR count). The van der Waals surface area contributed by atoms with Crippen molar-refractivity contribution in [1.29, 1.82) is 0 Å². The molecule has 3 atom stereocenters. The Morgan fingerprint density at radius 3 is 2.57 bits per heavy atom. The second kappa shape index (κ2) is 10.2. The fraction of sp³-hybridized carbons (Fsp3) is 0.462. The summed E-state index contributed by atoms with van der Waals surface area (Å²) in [7, 11) is 1.32. The van der Waals surface area contributed by atoms with Gasteiger partial charge in [0.1, 0.15) is 6.04 Å². The standard InChI is InChI=1S/C26H31ClN4O4/c1-4-17(2)21(23(32)35-3)29-25(34)30-14-11-26(12-15-30)22(20-10-5-6-13-28-20)31(24(26)33)19-9-7-8-18(27)16-19/h5-10,13,16-17,21-22H,4,11-12,14-15H2,1-3H3,(H,29,34)/t17?,21-,22?/m0/s1. The molecule has 0 aliphatic carbocycles. The van der Waals surface area contributed by atoms with Crippen LogP contribution in [0.4, 0.5) is 10.5 Å². The van der Waals surface area contributed by atoms with Crippen LogP contribution in [0.3, 0.4) is 0 Å². The van der Waals surface area contributed by atoms with Gasteiger partial charge >= 0.3 is 12.0 Å². The zero-order valence-electron chi connectivity index (χ0n) is 20.2. The molecular weight excluding hydrogens is 468 g/mol. The minimum Gasteiger partial charge on any atom is -0.467 e. The van der Waals surface area contributed by atoms with Crippen molar-refractivity contribution in [2.45, 2.75) is 45.2 Å². The number of hydrogen-bond acceptors (Lipinski definition) is 5. The predicted molar refractivity (Wildman–Crippen MR) is 133 cm³/mol. The zero-order chi connectivity index (χ0) is 25.2. The van der Waals surface area contributed by atoms with E-state index >= 15 is 0 Å². The van der Waals surface area contributed by atoms with E-state index in [9.17, 15) is 14.4 Å². The van der Waals surface area contributed by atoms with Crippen molar-refractivity contribution in [1.82, 2.24) is 15.2 Å². The van der Waals surface area contributed by atoms with Gasteiger partial charge in [-0.05, 0) is 49.1 Å². The van der Waals surface area contributed by atoms with Crippen LogP contribution in [-0.4, -0.2) is 54.0 Å². The number of β-lactam (4-membered cyclic amide) rings is 1. The van der Waals surface area contributed by atoms with E-state index in [1.807, 2.05) is 44.2 Å². The topological polar surface area (TPSA) is 91.8 Å². The van der Waals surface area contributed by atoms with E-state index in [-0.39, 0.29) is 23.9 Å². The van der Waals surface area contributed by atoms with Crippen molar-refractivity contribution >= 4 is 35.2 Å². The summed E-state index contributed by atoms with van der Waals surface area (Å²) in [6, 6.07) is 11.7. The van der Waals surface area contributed by atoms with E-state index < -0.39 is 17.4 Å². The summed E-state index contributed by atoms with van der Waals surface area (Å²) < 4.78 is 4.88. The van der Waals surface area contributed by atoms with Crippen molar-refractivity contribution in [2.24, 2.45) is 11.3 Å². The molecule has 1 aromatic carbocycles. The van der Waals surface area contributed by atoms with Crippen molar-refractivity contribution in [3.63, 3.8) is 0 Å². The quantitative estimate of drug-likeness (QED) is 0.476. The number of benzene rings is 1. The van der Waals surface area contributed by atoms with Crippen LogP contribution in [0.25, 0.3) is 0 Å². The van der Waals surface area contributed by atoms with Gasteiger partial charge in [0, 0.05) is 30.0 Å². The number of likely N-dealkylation sites (tertiary alicyclic amines) is 1. The number of amides is 3. The number of nitrogens with one attached hydrogen (secondary N) is 1. The van der Waals surface area contributed by atoms with Gasteiger partial charge in [0.25, 0.3) is 0 Å². The van der Waals surface area contributed by atoms with Gasteiger partial charge in [-0.1, -0.05) is 44.0 Å². The van der Waals surface area contributed by atoms with Crippen LogP contribution in [0.1, 0.15) is 44.8 Å². The normalized spacial score (nSPS) is 20.7. The summed E-state index contributed by atoms with van der Waals surface area (Å²) >= 11 is 6.21. The van der Waals surface area contributed by atoms with Crippen molar-refractivity contribution in [2.75, 3.05) is 25.1 Å². The summed E-state index contributed by atoms with van der Waals surface area (Å²) in [5.74, 6) is -0.499. The van der Waals surface area contributed by atoms with E-state index in [1.54, 1.807) is 28.1 Å². The molecule has 0 bridgehead atoms. The second-order valence-electron chi connectivity index (χ2n) is 9.29. The lowest BCUT2D eigenvalue weighted by Gasteiger charge is -2.58. The van der Waals surface area contributed by atoms with Crippen LogP contribution in [0.15, 0.2) is 48.7 Å². The van der Waals surface area contributed by atoms with Gasteiger partial charge < -0.3 is 19.9 Å². The van der Waals surface area contributed by atoms with Crippen LogP contribution in [0.2, 0.25) is 5.02 Å². The maximum absolute atomic E-state index is 13.6. The number of urea groups is 1. The van der Waals surface area contributed by atoms with Crippen LogP contribution >= 0.6 is 11.6 Å². The molecule has 2 aliphatic heterocycles. The number of rotatable bonds is 6. The minimum atomic E-state index is -0.710. The Balaban J connectivity index is 1.53. The molecule has 3 amide bonds. The Morgan fingerprint density at radius 2 is 1.97 bits per heavy atom. The number of ether oxygens (including phenoxy) is 1. The lowest BCUT2D eigenvalue weighted by molar-refractivity contribution is -0.144. The molecule has 0 radical (unpaired) electrons. The number of pyridine rings is 1. The number of carbonyl (C=O) groups excluding carboxylic acids is 3. The Bertz CT molecular complexity index is 1090. The van der Waals surface area contributed by atoms with Crippen molar-refractivity contribution in [3.8, 4) is 0 Å². The highest BCUT2D eigenvalue weighted by atomic mass is 35.5. The smallest absolute Gasteiger partial charge is 0.328 e. The highest BCUT2D eigenvalue weighted by molar-refractivity contribution is 6.31. The molecule has 0 saturated carbocycles. The van der Waals surface area contributed by atoms with Crippen LogP contribution in [0, 0.1) is 11.3 Å². The maximum atomic E-state index is 13.6. The second-order valence-corrected chi connectivity index (χ2v) is 9.73. The number of piperidine rings is 1. The van der Waals surface area contributed by atoms with Crippen molar-refractivity contribution in [3.05, 3.63) is 59.4 Å². The number of nitrogens with zero attached hydrogens (tertiary/aromatic N) is 3. The molecule has 2 unspecified atom stereocenters. The summed E-state index contributed by atoms with van der Waals surface area (Å²) in [6.45, 7) is 4.67. The number of esters is 1. The molecular formula is C26H31ClN4O4. The molecule has 2 saturated heterocycles. The molecule has 2 aromatic rings. The highest BCUT2D eigenvalue weighted by Gasteiger charge is 2.62. The molecule has 35 heavy (non-hydrogen) atoms. The van der Waals surface area contributed by atoms with Gasteiger partial charge in [0.05, 0.1) is 24.3 Å². The molecule has 1 N–H and O–H groups in total. The highest BCUT2D eigenvalue weighted by Crippen LogP contribution is 2.57. The molecule has 2 fully saturated rings. The van der Waals surface area contributed by atoms with E-state index in [4.69, 9.17) is 16.3 Å². The van der Waals surface area contributed by atoms with Crippen LogP contribution in [-0.2, 0) is 14.3 Å². The maximum Gasteiger partial charge on any atom is 0.328 e. The van der Waals surface area contributed by atoms with E-state index in [1.165, 1.54) is 7.11 Å². The Labute approximate surface area is 210 Å². The number of anilines is 1. The van der Waals surface area contributed by atoms with Crippen LogP contribution in [0.5, 0.6) is 0 Å². The molecule has 8 nitrogen and oxygen atoms in total. The molecule has 1 spiro atoms. The third kappa shape index (κ3) is 4.59. The summed E-state index contributed by atoms with van der Waals surface area (Å²) in [5, 5.41) is 3.40. The average molecular weight is 499 g/mol. The number of hydrogen-bond donors (Lipinski definition) is 1. The zero-order valence-corrected chi connectivity index (χ0v) is 21.0. The fourth-order valence-electron chi connectivity index (χ4n) is 5.12. The lowest BCUT2D eigenvalue weighted by atomic mass is 9.63. The number of halogens is 1. The number of aromatic nitrogens is 1. The van der Waals surface area contributed by atoms with Gasteiger partial charge in [-0.3, -0.25) is 9.78 Å². The molecule has 186 valence electrons. The van der Waals surface area contributed by atoms with Crippen LogP contribution < -0.4 is 10.2 Å². The fourth-order valence-corrected chi connectivity index (χ4v) is 5.30.